The number of rotatable bonds is 7. The number of methoxy groups -OCH3 is 1. The Morgan fingerprint density at radius 3 is 2.75 bits per heavy atom. The van der Waals surface area contributed by atoms with Gasteiger partial charge in [0, 0.05) is 13.2 Å². The number of carboxylic acid groups (broad SMARTS) is 1. The average Bonchev–Trinajstić information content (AvgIpc) is 2.83. The third-order valence-corrected chi connectivity index (χ3v) is 3.70. The van der Waals surface area contributed by atoms with Crippen LogP contribution in [0.3, 0.4) is 0 Å². The van der Waals surface area contributed by atoms with Gasteiger partial charge >= 0.3 is 5.97 Å². The molecule has 6 heteroatoms. The predicted molar refractivity (Wildman–Crippen MR) is 79.0 cm³/mol. The molecule has 0 aliphatic heterocycles. The summed E-state index contributed by atoms with van der Waals surface area (Å²) in [6.45, 7) is 4.45. The molecule has 1 unspecified atom stereocenters. The van der Waals surface area contributed by atoms with Crippen molar-refractivity contribution < 1.29 is 19.4 Å². The first kappa shape index (κ1) is 16.4. The number of amides is 1. The first-order chi connectivity index (χ1) is 9.45. The van der Waals surface area contributed by atoms with E-state index in [2.05, 4.69) is 5.32 Å². The maximum Gasteiger partial charge on any atom is 0.328 e. The molecule has 0 bridgehead atoms. The lowest BCUT2D eigenvalue weighted by atomic mass is 10.1. The number of thiophene rings is 1. The Hall–Kier alpha value is -1.66. The number of aliphatic carboxylic acids is 1. The first-order valence-electron chi connectivity index (χ1n) is 6.24. The fourth-order valence-corrected chi connectivity index (χ4v) is 2.40. The summed E-state index contributed by atoms with van der Waals surface area (Å²) in [6.07, 6.45) is 2.45. The molecule has 5 nitrogen and oxygen atoms in total. The molecule has 20 heavy (non-hydrogen) atoms. The van der Waals surface area contributed by atoms with E-state index in [1.54, 1.807) is 18.6 Å². The summed E-state index contributed by atoms with van der Waals surface area (Å²) >= 11 is 1.28. The van der Waals surface area contributed by atoms with E-state index in [0.29, 0.717) is 17.0 Å². The zero-order valence-corrected chi connectivity index (χ0v) is 12.6. The van der Waals surface area contributed by atoms with Gasteiger partial charge in [0.15, 0.2) is 0 Å². The molecule has 110 valence electrons. The van der Waals surface area contributed by atoms with Gasteiger partial charge in [-0.3, -0.25) is 4.79 Å². The number of nitrogens with one attached hydrogen (secondary N) is 1. The van der Waals surface area contributed by atoms with Crippen molar-refractivity contribution in [3.63, 3.8) is 0 Å². The van der Waals surface area contributed by atoms with Gasteiger partial charge in [-0.1, -0.05) is 13.8 Å². The van der Waals surface area contributed by atoms with E-state index < -0.39 is 5.97 Å². The molecule has 0 aliphatic carbocycles. The second-order valence-corrected chi connectivity index (χ2v) is 5.57. The van der Waals surface area contributed by atoms with E-state index in [-0.39, 0.29) is 17.9 Å². The second-order valence-electron chi connectivity index (χ2n) is 4.66. The summed E-state index contributed by atoms with van der Waals surface area (Å²) in [5, 5.41) is 13.3. The van der Waals surface area contributed by atoms with Crippen LogP contribution in [0.2, 0.25) is 0 Å². The van der Waals surface area contributed by atoms with Crippen LogP contribution >= 0.6 is 11.3 Å². The van der Waals surface area contributed by atoms with Crippen molar-refractivity contribution in [2.75, 3.05) is 13.7 Å². The summed E-state index contributed by atoms with van der Waals surface area (Å²) in [7, 11) is 1.59. The first-order valence-corrected chi connectivity index (χ1v) is 7.12. The SMILES string of the molecule is COCC(NC(=O)c1sccc1C=CC(=O)O)C(C)C. The zero-order chi connectivity index (χ0) is 15.1. The highest BCUT2D eigenvalue weighted by Gasteiger charge is 2.19. The van der Waals surface area contributed by atoms with E-state index in [1.165, 1.54) is 17.4 Å². The molecule has 0 saturated carbocycles. The lowest BCUT2D eigenvalue weighted by Crippen LogP contribution is -2.41. The van der Waals surface area contributed by atoms with E-state index in [4.69, 9.17) is 9.84 Å². The molecule has 1 aromatic rings. The Balaban J connectivity index is 2.82. The van der Waals surface area contributed by atoms with Gasteiger partial charge in [-0.2, -0.15) is 0 Å². The molecule has 0 fully saturated rings. The number of carboxylic acids is 1. The fraction of sp³-hybridized carbons (Fsp3) is 0.429. The highest BCUT2D eigenvalue weighted by molar-refractivity contribution is 7.12. The Morgan fingerprint density at radius 2 is 2.20 bits per heavy atom. The van der Waals surface area contributed by atoms with E-state index in [9.17, 15) is 9.59 Å². The van der Waals surface area contributed by atoms with Crippen molar-refractivity contribution in [3.8, 4) is 0 Å². The van der Waals surface area contributed by atoms with Crippen LogP contribution in [0, 0.1) is 5.92 Å². The van der Waals surface area contributed by atoms with E-state index in [1.807, 2.05) is 13.8 Å². The average molecular weight is 297 g/mol. The standard InChI is InChI=1S/C14H19NO4S/c1-9(2)11(8-19-3)15-14(18)13-10(6-7-20-13)4-5-12(16)17/h4-7,9,11H,8H2,1-3H3,(H,15,18)(H,16,17). The van der Waals surface area contributed by atoms with Crippen LogP contribution in [0.15, 0.2) is 17.5 Å². The van der Waals surface area contributed by atoms with Crippen LogP contribution in [0.1, 0.15) is 29.1 Å². The van der Waals surface area contributed by atoms with Gasteiger partial charge in [0.2, 0.25) is 0 Å². The second kappa shape index (κ2) is 7.81. The summed E-state index contributed by atoms with van der Waals surface area (Å²) < 4.78 is 5.09. The molecule has 0 aromatic carbocycles. The molecule has 0 aliphatic rings. The maximum absolute atomic E-state index is 12.2. The Kier molecular flexibility index (Phi) is 6.41. The summed E-state index contributed by atoms with van der Waals surface area (Å²) in [5.41, 5.74) is 0.606. The molecule has 0 spiro atoms. The van der Waals surface area contributed by atoms with Gasteiger partial charge < -0.3 is 15.2 Å². The molecule has 1 heterocycles. The minimum atomic E-state index is -1.04. The van der Waals surface area contributed by atoms with Crippen LogP contribution in [0.5, 0.6) is 0 Å². The normalized spacial score (nSPS) is 12.8. The third-order valence-electron chi connectivity index (χ3n) is 2.77. The predicted octanol–water partition coefficient (Wildman–Crippen LogP) is 2.25. The lowest BCUT2D eigenvalue weighted by molar-refractivity contribution is -0.131. The summed E-state index contributed by atoms with van der Waals surface area (Å²) in [4.78, 5) is 23.3. The van der Waals surface area contributed by atoms with E-state index >= 15 is 0 Å². The monoisotopic (exact) mass is 297 g/mol. The summed E-state index contributed by atoms with van der Waals surface area (Å²) in [6, 6.07) is 1.64. The third kappa shape index (κ3) is 4.79. The summed E-state index contributed by atoms with van der Waals surface area (Å²) in [5.74, 6) is -1.00. The van der Waals surface area contributed by atoms with Crippen molar-refractivity contribution in [1.29, 1.82) is 0 Å². The van der Waals surface area contributed by atoms with Crippen molar-refractivity contribution in [2.45, 2.75) is 19.9 Å². The fourth-order valence-electron chi connectivity index (χ4n) is 1.61. The highest BCUT2D eigenvalue weighted by Crippen LogP contribution is 2.19. The highest BCUT2D eigenvalue weighted by atomic mass is 32.1. The zero-order valence-electron chi connectivity index (χ0n) is 11.8. The number of hydrogen-bond donors (Lipinski definition) is 2. The molecule has 0 radical (unpaired) electrons. The molecule has 1 amide bonds. The maximum atomic E-state index is 12.2. The Labute approximate surface area is 122 Å². The number of carbonyl (C=O) groups is 2. The molecular weight excluding hydrogens is 278 g/mol. The molecular formula is C14H19NO4S. The van der Waals surface area contributed by atoms with Crippen LogP contribution in [0.25, 0.3) is 6.08 Å². The van der Waals surface area contributed by atoms with Crippen LogP contribution < -0.4 is 5.32 Å². The van der Waals surface area contributed by atoms with Gasteiger partial charge in [-0.05, 0) is 29.0 Å². The van der Waals surface area contributed by atoms with Crippen molar-refractivity contribution in [3.05, 3.63) is 28.0 Å². The minimum absolute atomic E-state index is 0.0779. The largest absolute Gasteiger partial charge is 0.478 e. The topological polar surface area (TPSA) is 75.6 Å². The van der Waals surface area contributed by atoms with Gasteiger partial charge in [-0.15, -0.1) is 11.3 Å². The van der Waals surface area contributed by atoms with Crippen molar-refractivity contribution in [2.24, 2.45) is 5.92 Å². The van der Waals surface area contributed by atoms with Gasteiger partial charge in [0.05, 0.1) is 17.5 Å². The molecule has 1 atom stereocenters. The smallest absolute Gasteiger partial charge is 0.328 e. The van der Waals surface area contributed by atoms with Gasteiger partial charge in [0.1, 0.15) is 0 Å². The minimum Gasteiger partial charge on any atom is -0.478 e. The lowest BCUT2D eigenvalue weighted by Gasteiger charge is -2.21. The van der Waals surface area contributed by atoms with E-state index in [0.717, 1.165) is 6.08 Å². The van der Waals surface area contributed by atoms with Gasteiger partial charge in [0.25, 0.3) is 5.91 Å². The van der Waals surface area contributed by atoms with Crippen LogP contribution in [-0.4, -0.2) is 36.7 Å². The number of ether oxygens (including phenoxy) is 1. The number of carbonyl (C=O) groups excluding carboxylic acids is 1. The Morgan fingerprint density at radius 1 is 1.50 bits per heavy atom. The van der Waals surface area contributed by atoms with Crippen molar-refractivity contribution >= 4 is 29.3 Å². The quantitative estimate of drug-likeness (QED) is 0.757. The van der Waals surface area contributed by atoms with Crippen LogP contribution in [-0.2, 0) is 9.53 Å². The van der Waals surface area contributed by atoms with Gasteiger partial charge in [-0.25, -0.2) is 4.79 Å². The number of hydrogen-bond acceptors (Lipinski definition) is 4. The van der Waals surface area contributed by atoms with Crippen LogP contribution in [0.4, 0.5) is 0 Å². The molecule has 1 aromatic heterocycles. The molecule has 0 saturated heterocycles. The van der Waals surface area contributed by atoms with Crippen molar-refractivity contribution in [1.82, 2.24) is 5.32 Å². The Bertz CT molecular complexity index is 493. The molecule has 2 N–H and O–H groups in total. The molecule has 1 rings (SSSR count).